The molecule has 0 bridgehead atoms. The van der Waals surface area contributed by atoms with Crippen molar-refractivity contribution in [2.24, 2.45) is 0 Å². The van der Waals surface area contributed by atoms with Gasteiger partial charge in [0.25, 0.3) is 5.56 Å². The van der Waals surface area contributed by atoms with E-state index < -0.39 is 0 Å². The van der Waals surface area contributed by atoms with Crippen molar-refractivity contribution in [3.63, 3.8) is 0 Å². The van der Waals surface area contributed by atoms with Gasteiger partial charge in [0.2, 0.25) is 0 Å². The summed E-state index contributed by atoms with van der Waals surface area (Å²) in [6, 6.07) is 1.32. The number of aromatic amines is 1. The number of nitrogen functional groups attached to an aromatic ring is 1. The van der Waals surface area contributed by atoms with Gasteiger partial charge in [-0.25, -0.2) is 4.98 Å². The molecule has 0 spiro atoms. The lowest BCUT2D eigenvalue weighted by Crippen LogP contribution is -2.25. The van der Waals surface area contributed by atoms with Gasteiger partial charge in [0.1, 0.15) is 11.6 Å². The molecule has 0 amide bonds. The lowest BCUT2D eigenvalue weighted by molar-refractivity contribution is 0.457. The Hall–Kier alpha value is -1.32. The predicted octanol–water partition coefficient (Wildman–Crippen LogP) is 1.18. The molecule has 0 aliphatic heterocycles. The third-order valence-electron chi connectivity index (χ3n) is 3.04. The molecule has 76 valence electrons. The quantitative estimate of drug-likeness (QED) is 0.703. The van der Waals surface area contributed by atoms with Gasteiger partial charge in [0, 0.05) is 11.5 Å². The normalized spacial score (nSPS) is 19.8. The summed E-state index contributed by atoms with van der Waals surface area (Å²) in [5.74, 6) is 1.07. The maximum absolute atomic E-state index is 11.2. The summed E-state index contributed by atoms with van der Waals surface area (Å²) in [6.45, 7) is 2.14. The highest BCUT2D eigenvalue weighted by Crippen LogP contribution is 2.38. The molecular weight excluding hydrogens is 178 g/mol. The molecule has 14 heavy (non-hydrogen) atoms. The molecule has 0 saturated heterocycles. The standard InChI is InChI=1S/C10H15N3O/c1-10(4-2-3-5-10)9-12-7(11)6-8(14)13-9/h6H,2-5H2,1H3,(H3,11,12,13,14). The Morgan fingerprint density at radius 2 is 2.14 bits per heavy atom. The molecule has 1 aromatic rings. The van der Waals surface area contributed by atoms with E-state index in [1.54, 1.807) is 0 Å². The highest BCUT2D eigenvalue weighted by Gasteiger charge is 2.32. The van der Waals surface area contributed by atoms with Crippen molar-refractivity contribution in [1.82, 2.24) is 9.97 Å². The summed E-state index contributed by atoms with van der Waals surface area (Å²) in [5.41, 5.74) is 5.42. The van der Waals surface area contributed by atoms with Crippen molar-refractivity contribution in [2.75, 3.05) is 5.73 Å². The van der Waals surface area contributed by atoms with E-state index in [1.165, 1.54) is 18.9 Å². The SMILES string of the molecule is CC1(c2nc(N)cc(=O)[nH]2)CCCC1. The zero-order valence-corrected chi connectivity index (χ0v) is 8.34. The van der Waals surface area contributed by atoms with E-state index in [0.717, 1.165) is 18.7 Å². The number of H-pyrrole nitrogens is 1. The first-order chi connectivity index (χ1) is 6.60. The Morgan fingerprint density at radius 1 is 1.50 bits per heavy atom. The van der Waals surface area contributed by atoms with Gasteiger partial charge in [-0.2, -0.15) is 0 Å². The van der Waals surface area contributed by atoms with Gasteiger partial charge < -0.3 is 10.7 Å². The number of nitrogens with one attached hydrogen (secondary N) is 1. The maximum Gasteiger partial charge on any atom is 0.252 e. The number of rotatable bonds is 1. The Morgan fingerprint density at radius 3 is 2.71 bits per heavy atom. The fourth-order valence-electron chi connectivity index (χ4n) is 2.15. The summed E-state index contributed by atoms with van der Waals surface area (Å²) in [5, 5.41) is 0. The van der Waals surface area contributed by atoms with Crippen LogP contribution in [0.3, 0.4) is 0 Å². The minimum atomic E-state index is -0.152. The van der Waals surface area contributed by atoms with Gasteiger partial charge in [-0.15, -0.1) is 0 Å². The van der Waals surface area contributed by atoms with Gasteiger partial charge in [-0.1, -0.05) is 19.8 Å². The van der Waals surface area contributed by atoms with Crippen LogP contribution in [0.1, 0.15) is 38.4 Å². The summed E-state index contributed by atoms with van der Waals surface area (Å²) in [6.07, 6.45) is 4.57. The smallest absolute Gasteiger partial charge is 0.252 e. The van der Waals surface area contributed by atoms with Crippen LogP contribution in [0.15, 0.2) is 10.9 Å². The number of nitrogens with two attached hydrogens (primary N) is 1. The number of aromatic nitrogens is 2. The molecule has 1 aliphatic rings. The van der Waals surface area contributed by atoms with Crippen LogP contribution in [0, 0.1) is 0 Å². The summed E-state index contributed by atoms with van der Waals surface area (Å²) in [4.78, 5) is 18.2. The number of hydrogen-bond acceptors (Lipinski definition) is 3. The molecule has 0 aromatic carbocycles. The summed E-state index contributed by atoms with van der Waals surface area (Å²) >= 11 is 0. The zero-order chi connectivity index (χ0) is 10.2. The molecule has 0 unspecified atom stereocenters. The van der Waals surface area contributed by atoms with Crippen molar-refractivity contribution in [1.29, 1.82) is 0 Å². The number of anilines is 1. The molecule has 4 heteroatoms. The van der Waals surface area contributed by atoms with E-state index in [-0.39, 0.29) is 11.0 Å². The minimum Gasteiger partial charge on any atom is -0.383 e. The fourth-order valence-corrected chi connectivity index (χ4v) is 2.15. The topological polar surface area (TPSA) is 71.8 Å². The van der Waals surface area contributed by atoms with Crippen molar-refractivity contribution >= 4 is 5.82 Å². The van der Waals surface area contributed by atoms with Gasteiger partial charge in [-0.3, -0.25) is 4.79 Å². The highest BCUT2D eigenvalue weighted by molar-refractivity contribution is 5.27. The van der Waals surface area contributed by atoms with E-state index in [1.807, 2.05) is 0 Å². The molecule has 2 rings (SSSR count). The van der Waals surface area contributed by atoms with E-state index in [0.29, 0.717) is 5.82 Å². The third kappa shape index (κ3) is 1.52. The molecule has 1 heterocycles. The van der Waals surface area contributed by atoms with Crippen LogP contribution in [-0.2, 0) is 5.41 Å². The predicted molar refractivity (Wildman–Crippen MR) is 55.1 cm³/mol. The lowest BCUT2D eigenvalue weighted by atomic mass is 9.88. The maximum atomic E-state index is 11.2. The third-order valence-corrected chi connectivity index (χ3v) is 3.04. The Balaban J connectivity index is 2.45. The Bertz CT molecular complexity index is 391. The van der Waals surface area contributed by atoms with Crippen LogP contribution >= 0.6 is 0 Å². The molecular formula is C10H15N3O. The Labute approximate surface area is 82.6 Å². The highest BCUT2D eigenvalue weighted by atomic mass is 16.1. The average molecular weight is 193 g/mol. The average Bonchev–Trinajstić information content (AvgIpc) is 2.52. The number of hydrogen-bond donors (Lipinski definition) is 2. The molecule has 0 radical (unpaired) electrons. The van der Waals surface area contributed by atoms with Crippen LogP contribution in [0.2, 0.25) is 0 Å². The molecule has 1 saturated carbocycles. The zero-order valence-electron chi connectivity index (χ0n) is 8.34. The first-order valence-corrected chi connectivity index (χ1v) is 4.97. The van der Waals surface area contributed by atoms with Crippen molar-refractivity contribution in [3.05, 3.63) is 22.2 Å². The second-order valence-corrected chi connectivity index (χ2v) is 4.29. The van der Waals surface area contributed by atoms with Crippen LogP contribution < -0.4 is 11.3 Å². The van der Waals surface area contributed by atoms with E-state index in [2.05, 4.69) is 16.9 Å². The molecule has 0 atom stereocenters. The minimum absolute atomic E-state index is 0.0224. The fraction of sp³-hybridized carbons (Fsp3) is 0.600. The van der Waals surface area contributed by atoms with Crippen molar-refractivity contribution < 1.29 is 0 Å². The van der Waals surface area contributed by atoms with Crippen LogP contribution in [0.5, 0.6) is 0 Å². The monoisotopic (exact) mass is 193 g/mol. The van der Waals surface area contributed by atoms with Crippen LogP contribution in [0.4, 0.5) is 5.82 Å². The van der Waals surface area contributed by atoms with Gasteiger partial charge in [-0.05, 0) is 12.8 Å². The molecule has 1 aromatic heterocycles. The first kappa shape index (κ1) is 9.24. The van der Waals surface area contributed by atoms with E-state index in [4.69, 9.17) is 5.73 Å². The largest absolute Gasteiger partial charge is 0.383 e. The van der Waals surface area contributed by atoms with Crippen molar-refractivity contribution in [2.45, 2.75) is 38.0 Å². The molecule has 3 N–H and O–H groups in total. The Kier molecular flexibility index (Phi) is 2.06. The van der Waals surface area contributed by atoms with Crippen LogP contribution in [-0.4, -0.2) is 9.97 Å². The summed E-state index contributed by atoms with van der Waals surface area (Å²) < 4.78 is 0. The molecule has 4 nitrogen and oxygen atoms in total. The molecule has 1 fully saturated rings. The van der Waals surface area contributed by atoms with Crippen molar-refractivity contribution in [3.8, 4) is 0 Å². The number of nitrogens with zero attached hydrogens (tertiary/aromatic N) is 1. The van der Waals surface area contributed by atoms with Crippen LogP contribution in [0.25, 0.3) is 0 Å². The first-order valence-electron chi connectivity index (χ1n) is 4.97. The van der Waals surface area contributed by atoms with Gasteiger partial charge in [0.05, 0.1) is 0 Å². The second-order valence-electron chi connectivity index (χ2n) is 4.29. The van der Waals surface area contributed by atoms with E-state index >= 15 is 0 Å². The lowest BCUT2D eigenvalue weighted by Gasteiger charge is -2.21. The van der Waals surface area contributed by atoms with Gasteiger partial charge >= 0.3 is 0 Å². The summed E-state index contributed by atoms with van der Waals surface area (Å²) in [7, 11) is 0. The molecule has 1 aliphatic carbocycles. The van der Waals surface area contributed by atoms with E-state index in [9.17, 15) is 4.79 Å². The van der Waals surface area contributed by atoms with Gasteiger partial charge in [0.15, 0.2) is 0 Å². The second kappa shape index (κ2) is 3.12.